The van der Waals surface area contributed by atoms with Crippen molar-refractivity contribution in [2.75, 3.05) is 39.3 Å². The molecule has 170 valence electrons. The summed E-state index contributed by atoms with van der Waals surface area (Å²) in [6, 6.07) is 0. The van der Waals surface area contributed by atoms with Gasteiger partial charge in [0.05, 0.1) is 18.2 Å². The first-order valence-corrected chi connectivity index (χ1v) is 11.4. The fourth-order valence-electron chi connectivity index (χ4n) is 5.68. The molecule has 0 saturated carbocycles. The minimum absolute atomic E-state index is 0.0662. The number of likely N-dealkylation sites (tertiary alicyclic amines) is 2. The molecule has 0 aromatic heterocycles. The van der Waals surface area contributed by atoms with Crippen LogP contribution in [0, 0.1) is 17.8 Å². The normalized spacial score (nSPS) is 32.1. The zero-order valence-corrected chi connectivity index (χ0v) is 18.3. The lowest BCUT2D eigenvalue weighted by Crippen LogP contribution is -2.41. The lowest BCUT2D eigenvalue weighted by molar-refractivity contribution is -0.131. The summed E-state index contributed by atoms with van der Waals surface area (Å²) in [7, 11) is 0. The molecule has 4 aliphatic rings. The molecule has 2 bridgehead atoms. The number of hydrogen-bond donors (Lipinski definition) is 2. The van der Waals surface area contributed by atoms with E-state index in [9.17, 15) is 9.59 Å². The Bertz CT molecular complexity index is 622. The molecule has 0 radical (unpaired) electrons. The predicted octanol–water partition coefficient (Wildman–Crippen LogP) is 1.34. The van der Waals surface area contributed by atoms with Crippen LogP contribution in [0.4, 0.5) is 0 Å². The minimum atomic E-state index is -0.250. The Hall–Kier alpha value is -1.67. The Balaban J connectivity index is 0.000000806. The van der Waals surface area contributed by atoms with Crippen LogP contribution < -0.4 is 5.32 Å². The number of fused-ring (bicyclic) bond motifs is 1. The average molecular weight is 424 g/mol. The van der Waals surface area contributed by atoms with E-state index >= 15 is 0 Å². The SMILES string of the molecule is CC(C)CCC(=O)NC[C@H]1[C@H]2CN(CC(=O)N3CCCC3)C[C@]23CC[C@H]1O3.O=CO. The fraction of sp³-hybridized carbons (Fsp3) is 0.864. The summed E-state index contributed by atoms with van der Waals surface area (Å²) in [4.78, 5) is 37.4. The van der Waals surface area contributed by atoms with Crippen LogP contribution in [0.25, 0.3) is 0 Å². The summed E-state index contributed by atoms with van der Waals surface area (Å²) < 4.78 is 6.45. The second-order valence-electron chi connectivity index (χ2n) is 9.63. The Morgan fingerprint density at radius 2 is 2.00 bits per heavy atom. The summed E-state index contributed by atoms with van der Waals surface area (Å²) in [5.74, 6) is 1.85. The zero-order chi connectivity index (χ0) is 21.7. The highest BCUT2D eigenvalue weighted by molar-refractivity contribution is 5.78. The maximum Gasteiger partial charge on any atom is 0.290 e. The van der Waals surface area contributed by atoms with E-state index in [4.69, 9.17) is 14.6 Å². The first-order chi connectivity index (χ1) is 14.4. The maximum absolute atomic E-state index is 12.5. The van der Waals surface area contributed by atoms with Crippen LogP contribution in [0.1, 0.15) is 52.4 Å². The lowest BCUT2D eigenvalue weighted by atomic mass is 9.73. The van der Waals surface area contributed by atoms with E-state index in [0.29, 0.717) is 30.7 Å². The molecular formula is C22H37N3O5. The fourth-order valence-corrected chi connectivity index (χ4v) is 5.68. The molecule has 4 rings (SSSR count). The molecule has 8 nitrogen and oxygen atoms in total. The molecule has 8 heteroatoms. The summed E-state index contributed by atoms with van der Waals surface area (Å²) in [6.45, 7) is 8.96. The molecule has 2 N–H and O–H groups in total. The second kappa shape index (κ2) is 10.1. The lowest BCUT2D eigenvalue weighted by Gasteiger charge is -2.29. The number of nitrogens with one attached hydrogen (secondary N) is 1. The molecule has 0 aromatic carbocycles. The summed E-state index contributed by atoms with van der Waals surface area (Å²) in [5, 5.41) is 10.1. The minimum Gasteiger partial charge on any atom is -0.483 e. The molecule has 1 spiro atoms. The van der Waals surface area contributed by atoms with Crippen LogP contribution in [0.15, 0.2) is 0 Å². The highest BCUT2D eigenvalue weighted by Crippen LogP contribution is 2.54. The van der Waals surface area contributed by atoms with E-state index in [-0.39, 0.29) is 30.0 Å². The van der Waals surface area contributed by atoms with E-state index in [1.807, 2.05) is 4.90 Å². The molecule has 4 fully saturated rings. The topological polar surface area (TPSA) is 99.2 Å². The van der Waals surface area contributed by atoms with Gasteiger partial charge in [0.25, 0.3) is 6.47 Å². The van der Waals surface area contributed by atoms with Crippen molar-refractivity contribution in [3.05, 3.63) is 0 Å². The number of amides is 2. The van der Waals surface area contributed by atoms with Crippen molar-refractivity contribution >= 4 is 18.3 Å². The Morgan fingerprint density at radius 3 is 2.67 bits per heavy atom. The summed E-state index contributed by atoms with van der Waals surface area (Å²) >= 11 is 0. The van der Waals surface area contributed by atoms with E-state index in [1.54, 1.807) is 0 Å². The largest absolute Gasteiger partial charge is 0.483 e. The van der Waals surface area contributed by atoms with Crippen molar-refractivity contribution in [1.82, 2.24) is 15.1 Å². The number of ether oxygens (including phenoxy) is 1. The van der Waals surface area contributed by atoms with Gasteiger partial charge in [0.15, 0.2) is 0 Å². The van der Waals surface area contributed by atoms with Gasteiger partial charge in [-0.05, 0) is 38.0 Å². The molecule has 4 atom stereocenters. The van der Waals surface area contributed by atoms with Gasteiger partial charge in [-0.15, -0.1) is 0 Å². The first-order valence-electron chi connectivity index (χ1n) is 11.4. The smallest absolute Gasteiger partial charge is 0.290 e. The van der Waals surface area contributed by atoms with Gasteiger partial charge < -0.3 is 20.1 Å². The highest BCUT2D eigenvalue weighted by Gasteiger charge is 2.62. The maximum atomic E-state index is 12.5. The third kappa shape index (κ3) is 5.14. The van der Waals surface area contributed by atoms with Gasteiger partial charge >= 0.3 is 0 Å². The number of carboxylic acid groups (broad SMARTS) is 1. The van der Waals surface area contributed by atoms with Gasteiger partial charge in [0.1, 0.15) is 0 Å². The van der Waals surface area contributed by atoms with E-state index in [0.717, 1.165) is 64.8 Å². The van der Waals surface area contributed by atoms with Crippen LogP contribution in [0.2, 0.25) is 0 Å². The number of nitrogens with zero attached hydrogens (tertiary/aromatic N) is 2. The van der Waals surface area contributed by atoms with Gasteiger partial charge in [0, 0.05) is 51.0 Å². The summed E-state index contributed by atoms with van der Waals surface area (Å²) in [6.07, 6.45) is 6.32. The van der Waals surface area contributed by atoms with Crippen molar-refractivity contribution < 1.29 is 24.2 Å². The molecule has 0 aromatic rings. The van der Waals surface area contributed by atoms with Crippen LogP contribution in [-0.2, 0) is 19.1 Å². The Kier molecular flexibility index (Phi) is 7.74. The van der Waals surface area contributed by atoms with Crippen molar-refractivity contribution in [1.29, 1.82) is 0 Å². The molecule has 4 saturated heterocycles. The highest BCUT2D eigenvalue weighted by atomic mass is 16.5. The molecule has 2 amide bonds. The van der Waals surface area contributed by atoms with Gasteiger partial charge in [-0.1, -0.05) is 13.8 Å². The average Bonchev–Trinajstić information content (AvgIpc) is 3.45. The number of hydrogen-bond acceptors (Lipinski definition) is 5. The molecule has 4 aliphatic heterocycles. The first kappa shape index (κ1) is 23.0. The quantitative estimate of drug-likeness (QED) is 0.600. The third-order valence-corrected chi connectivity index (χ3v) is 7.16. The van der Waals surface area contributed by atoms with Crippen LogP contribution in [-0.4, -0.2) is 84.2 Å². The zero-order valence-electron chi connectivity index (χ0n) is 18.3. The van der Waals surface area contributed by atoms with Crippen molar-refractivity contribution in [3.8, 4) is 0 Å². The number of rotatable bonds is 7. The molecule has 30 heavy (non-hydrogen) atoms. The Labute approximate surface area is 179 Å². The molecule has 0 aliphatic carbocycles. The van der Waals surface area contributed by atoms with Crippen molar-refractivity contribution in [2.24, 2.45) is 17.8 Å². The van der Waals surface area contributed by atoms with Gasteiger partial charge in [-0.25, -0.2) is 0 Å². The van der Waals surface area contributed by atoms with Crippen molar-refractivity contribution in [2.45, 2.75) is 64.1 Å². The van der Waals surface area contributed by atoms with Gasteiger partial charge in [-0.3, -0.25) is 19.3 Å². The van der Waals surface area contributed by atoms with E-state index < -0.39 is 0 Å². The molecule has 4 heterocycles. The van der Waals surface area contributed by atoms with E-state index in [2.05, 4.69) is 24.1 Å². The van der Waals surface area contributed by atoms with E-state index in [1.165, 1.54) is 0 Å². The van der Waals surface area contributed by atoms with Crippen LogP contribution in [0.3, 0.4) is 0 Å². The molecule has 0 unspecified atom stereocenters. The van der Waals surface area contributed by atoms with Gasteiger partial charge in [-0.2, -0.15) is 0 Å². The Morgan fingerprint density at radius 1 is 1.30 bits per heavy atom. The second-order valence-corrected chi connectivity index (χ2v) is 9.63. The summed E-state index contributed by atoms with van der Waals surface area (Å²) in [5.41, 5.74) is -0.0662. The standard InChI is InChI=1S/C21H35N3O3.CH2O2/c1-15(2)5-6-19(25)22-11-16-17-12-23(13-20(26)24-9-3-4-10-24)14-21(17)8-7-18(16)27-21;2-1-3/h15-18H,3-14H2,1-2H3,(H,22,25);1H,(H,2,3)/t16-,17+,18+,21+;/m0./s1. The number of carbonyl (C=O) groups excluding carboxylic acids is 2. The van der Waals surface area contributed by atoms with Crippen molar-refractivity contribution in [3.63, 3.8) is 0 Å². The van der Waals surface area contributed by atoms with Gasteiger partial charge in [0.2, 0.25) is 11.8 Å². The predicted molar refractivity (Wildman–Crippen MR) is 112 cm³/mol. The van der Waals surface area contributed by atoms with Crippen LogP contribution >= 0.6 is 0 Å². The number of carbonyl (C=O) groups is 3. The third-order valence-electron chi connectivity index (χ3n) is 7.16. The van der Waals surface area contributed by atoms with Crippen LogP contribution in [0.5, 0.6) is 0 Å². The molecular weight excluding hydrogens is 386 g/mol. The monoisotopic (exact) mass is 423 g/mol.